The largest absolute Gasteiger partial charge is 0.493 e. The molecule has 0 amide bonds. The van der Waals surface area contributed by atoms with Crippen molar-refractivity contribution >= 4 is 5.78 Å². The Balaban J connectivity index is 2.00. The predicted molar refractivity (Wildman–Crippen MR) is 97.5 cm³/mol. The Labute approximate surface area is 157 Å². The van der Waals surface area contributed by atoms with Gasteiger partial charge in [0.15, 0.2) is 23.0 Å². The topological polar surface area (TPSA) is 72.5 Å². The van der Waals surface area contributed by atoms with Gasteiger partial charge in [0.1, 0.15) is 0 Å². The zero-order valence-electron chi connectivity index (χ0n) is 16.0. The number of ketones is 1. The number of ether oxygens (including phenoxy) is 6. The van der Waals surface area contributed by atoms with Crippen LogP contribution in [0.15, 0.2) is 30.3 Å². The van der Waals surface area contributed by atoms with Gasteiger partial charge in [0.25, 0.3) is 5.79 Å². The smallest absolute Gasteiger partial charge is 0.279 e. The summed E-state index contributed by atoms with van der Waals surface area (Å²) < 4.78 is 32.8. The summed E-state index contributed by atoms with van der Waals surface area (Å²) in [6.45, 7) is 0. The third-order valence-electron chi connectivity index (χ3n) is 4.57. The van der Waals surface area contributed by atoms with Gasteiger partial charge in [-0.15, -0.1) is 0 Å². The van der Waals surface area contributed by atoms with Crippen LogP contribution >= 0.6 is 0 Å². The summed E-state index contributed by atoms with van der Waals surface area (Å²) in [4.78, 5) is 13.1. The summed E-state index contributed by atoms with van der Waals surface area (Å²) >= 11 is 0. The van der Waals surface area contributed by atoms with Crippen molar-refractivity contribution in [2.75, 3.05) is 35.5 Å². The van der Waals surface area contributed by atoms with E-state index in [9.17, 15) is 4.79 Å². The number of hydrogen-bond acceptors (Lipinski definition) is 7. The molecule has 2 aromatic rings. The minimum atomic E-state index is -1.50. The molecule has 1 atom stereocenters. The lowest BCUT2D eigenvalue weighted by Crippen LogP contribution is -2.44. The number of hydrogen-bond donors (Lipinski definition) is 0. The maximum absolute atomic E-state index is 13.1. The monoisotopic (exact) mass is 374 g/mol. The zero-order chi connectivity index (χ0) is 19.6. The van der Waals surface area contributed by atoms with Crippen molar-refractivity contribution in [1.82, 2.24) is 0 Å². The molecule has 1 aliphatic rings. The number of methoxy groups -OCH3 is 5. The number of fused-ring (bicyclic) bond motifs is 1. The van der Waals surface area contributed by atoms with Crippen LogP contribution in [0.4, 0.5) is 0 Å². The standard InChI is InChI=1S/C20H22O7/c1-22-14-8-6-12(10-16(14)24-3)11-20(26-5)19(21)13-7-9-15(23-2)18(25-4)17(13)27-20/h6-10H,11H2,1-5H3. The Hall–Kier alpha value is -2.93. The fourth-order valence-corrected chi connectivity index (χ4v) is 3.18. The molecular weight excluding hydrogens is 352 g/mol. The molecule has 0 bridgehead atoms. The number of Topliss-reactive ketones (excluding diaryl/α,β-unsaturated/α-hetero) is 1. The van der Waals surface area contributed by atoms with Gasteiger partial charge in [0.2, 0.25) is 11.5 Å². The van der Waals surface area contributed by atoms with E-state index in [1.807, 2.05) is 6.07 Å². The van der Waals surface area contributed by atoms with Crippen molar-refractivity contribution in [1.29, 1.82) is 0 Å². The first-order chi connectivity index (χ1) is 13.0. The molecular formula is C20H22O7. The molecule has 0 N–H and O–H groups in total. The Kier molecular flexibility index (Phi) is 5.14. The first-order valence-electron chi connectivity index (χ1n) is 8.28. The lowest BCUT2D eigenvalue weighted by molar-refractivity contribution is -0.117. The van der Waals surface area contributed by atoms with Gasteiger partial charge in [-0.3, -0.25) is 4.79 Å². The van der Waals surface area contributed by atoms with Crippen molar-refractivity contribution in [2.24, 2.45) is 0 Å². The van der Waals surface area contributed by atoms with Crippen LogP contribution in [-0.2, 0) is 11.2 Å². The van der Waals surface area contributed by atoms with E-state index in [-0.39, 0.29) is 12.2 Å². The van der Waals surface area contributed by atoms with Crippen LogP contribution in [-0.4, -0.2) is 47.1 Å². The first-order valence-corrected chi connectivity index (χ1v) is 8.28. The third kappa shape index (κ3) is 3.04. The number of rotatable bonds is 7. The molecule has 2 aromatic carbocycles. The van der Waals surface area contributed by atoms with Crippen LogP contribution < -0.4 is 23.7 Å². The van der Waals surface area contributed by atoms with Crippen LogP contribution in [0.3, 0.4) is 0 Å². The zero-order valence-corrected chi connectivity index (χ0v) is 16.0. The molecule has 0 aliphatic carbocycles. The normalized spacial score (nSPS) is 17.9. The minimum Gasteiger partial charge on any atom is -0.493 e. The van der Waals surface area contributed by atoms with Crippen molar-refractivity contribution in [3.63, 3.8) is 0 Å². The van der Waals surface area contributed by atoms with E-state index in [1.54, 1.807) is 38.5 Å². The molecule has 0 fully saturated rings. The molecule has 27 heavy (non-hydrogen) atoms. The average Bonchev–Trinajstić information content (AvgIpc) is 2.99. The van der Waals surface area contributed by atoms with E-state index in [0.29, 0.717) is 34.3 Å². The summed E-state index contributed by atoms with van der Waals surface area (Å²) in [7, 11) is 7.57. The van der Waals surface area contributed by atoms with Crippen molar-refractivity contribution < 1.29 is 33.2 Å². The molecule has 1 heterocycles. The maximum Gasteiger partial charge on any atom is 0.279 e. The molecule has 0 saturated heterocycles. The van der Waals surface area contributed by atoms with Gasteiger partial charge in [-0.2, -0.15) is 0 Å². The van der Waals surface area contributed by atoms with Crippen molar-refractivity contribution in [2.45, 2.75) is 12.2 Å². The second-order valence-electron chi connectivity index (χ2n) is 5.93. The van der Waals surface area contributed by atoms with E-state index >= 15 is 0 Å². The number of carbonyl (C=O) groups excluding carboxylic acids is 1. The molecule has 7 heteroatoms. The highest BCUT2D eigenvalue weighted by molar-refractivity contribution is 6.07. The highest BCUT2D eigenvalue weighted by Crippen LogP contribution is 2.48. The molecule has 0 saturated carbocycles. The highest BCUT2D eigenvalue weighted by Gasteiger charge is 2.50. The SMILES string of the molecule is COc1ccc(CC2(OC)Oc3c(ccc(OC)c3OC)C2=O)cc1OC. The highest BCUT2D eigenvalue weighted by atomic mass is 16.7. The average molecular weight is 374 g/mol. The fourth-order valence-electron chi connectivity index (χ4n) is 3.18. The summed E-state index contributed by atoms with van der Waals surface area (Å²) in [5.74, 6) is 0.516. The van der Waals surface area contributed by atoms with Crippen LogP contribution in [0.5, 0.6) is 28.7 Å². The first kappa shape index (κ1) is 18.8. The molecule has 1 unspecified atom stereocenters. The second-order valence-corrected chi connectivity index (χ2v) is 5.93. The van der Waals surface area contributed by atoms with Gasteiger partial charge in [-0.05, 0) is 29.8 Å². The van der Waals surface area contributed by atoms with E-state index in [1.165, 1.54) is 21.3 Å². The molecule has 144 valence electrons. The van der Waals surface area contributed by atoms with Gasteiger partial charge in [-0.1, -0.05) is 6.07 Å². The quantitative estimate of drug-likeness (QED) is 0.738. The molecule has 3 rings (SSSR count). The minimum absolute atomic E-state index is 0.183. The predicted octanol–water partition coefficient (Wildman–Crippen LogP) is 2.88. The molecule has 7 nitrogen and oxygen atoms in total. The van der Waals surface area contributed by atoms with Crippen molar-refractivity contribution in [3.8, 4) is 28.7 Å². The van der Waals surface area contributed by atoms with Crippen LogP contribution in [0, 0.1) is 0 Å². The lowest BCUT2D eigenvalue weighted by Gasteiger charge is -2.26. The summed E-state index contributed by atoms with van der Waals surface area (Å²) in [5, 5.41) is 0. The molecule has 0 aromatic heterocycles. The summed E-state index contributed by atoms with van der Waals surface area (Å²) in [5.41, 5.74) is 1.18. The summed E-state index contributed by atoms with van der Waals surface area (Å²) in [6, 6.07) is 8.71. The van der Waals surface area contributed by atoms with E-state index < -0.39 is 5.79 Å². The summed E-state index contributed by atoms with van der Waals surface area (Å²) in [6.07, 6.45) is 0.183. The fraction of sp³-hybridized carbons (Fsp3) is 0.350. The Bertz CT molecular complexity index is 862. The van der Waals surface area contributed by atoms with Gasteiger partial charge in [0, 0.05) is 13.5 Å². The maximum atomic E-state index is 13.1. The van der Waals surface area contributed by atoms with E-state index in [4.69, 9.17) is 28.4 Å². The molecule has 0 spiro atoms. The van der Waals surface area contributed by atoms with Gasteiger partial charge in [0.05, 0.1) is 34.0 Å². The molecule has 0 radical (unpaired) electrons. The molecule has 1 aliphatic heterocycles. The second kappa shape index (κ2) is 7.36. The van der Waals surface area contributed by atoms with Gasteiger partial charge < -0.3 is 28.4 Å². The van der Waals surface area contributed by atoms with Crippen LogP contribution in [0.2, 0.25) is 0 Å². The number of carbonyl (C=O) groups is 1. The van der Waals surface area contributed by atoms with Gasteiger partial charge >= 0.3 is 0 Å². The third-order valence-corrected chi connectivity index (χ3v) is 4.57. The Morgan fingerprint density at radius 1 is 0.852 bits per heavy atom. The Morgan fingerprint density at radius 3 is 2.11 bits per heavy atom. The van der Waals surface area contributed by atoms with Gasteiger partial charge in [-0.25, -0.2) is 0 Å². The number of benzene rings is 2. The Morgan fingerprint density at radius 2 is 1.52 bits per heavy atom. The van der Waals surface area contributed by atoms with Crippen LogP contribution in [0.25, 0.3) is 0 Å². The lowest BCUT2D eigenvalue weighted by atomic mass is 9.98. The van der Waals surface area contributed by atoms with Crippen LogP contribution in [0.1, 0.15) is 15.9 Å². The van der Waals surface area contributed by atoms with E-state index in [2.05, 4.69) is 0 Å². The van der Waals surface area contributed by atoms with E-state index in [0.717, 1.165) is 5.56 Å². The van der Waals surface area contributed by atoms with Crippen molar-refractivity contribution in [3.05, 3.63) is 41.5 Å².